The van der Waals surface area contributed by atoms with Crippen LogP contribution in [-0.2, 0) is 11.2 Å². The molecule has 0 spiro atoms. The van der Waals surface area contributed by atoms with Crippen molar-refractivity contribution >= 4 is 23.3 Å². The van der Waals surface area contributed by atoms with Gasteiger partial charge in [-0.05, 0) is 43.0 Å². The number of anilines is 1. The monoisotopic (exact) mass is 303 g/mol. The third-order valence-electron chi connectivity index (χ3n) is 3.17. The van der Waals surface area contributed by atoms with Crippen molar-refractivity contribution in [2.24, 2.45) is 0 Å². The van der Waals surface area contributed by atoms with Crippen molar-refractivity contribution in [3.63, 3.8) is 0 Å². The van der Waals surface area contributed by atoms with Gasteiger partial charge in [-0.2, -0.15) is 0 Å². The predicted octanol–water partition coefficient (Wildman–Crippen LogP) is 4.10. The molecule has 0 unspecified atom stereocenters. The molecule has 0 aliphatic rings. The van der Waals surface area contributed by atoms with Crippen molar-refractivity contribution < 1.29 is 9.53 Å². The van der Waals surface area contributed by atoms with Crippen molar-refractivity contribution in [3.05, 3.63) is 64.7 Å². The standard InChI is InChI=1S/C17H18ClNO2/c18-14-9-10-16(19)15(12-14)17(20)21-11-5-4-8-13-6-2-1-3-7-13/h1-3,6-7,9-10,12H,4-5,8,11,19H2. The van der Waals surface area contributed by atoms with Crippen LogP contribution in [0.3, 0.4) is 0 Å². The lowest BCUT2D eigenvalue weighted by atomic mass is 10.1. The largest absolute Gasteiger partial charge is 0.462 e. The van der Waals surface area contributed by atoms with E-state index in [1.165, 1.54) is 11.6 Å². The maximum atomic E-state index is 11.9. The second-order valence-corrected chi connectivity index (χ2v) is 5.25. The normalized spacial score (nSPS) is 10.3. The number of hydrogen-bond acceptors (Lipinski definition) is 3. The van der Waals surface area contributed by atoms with Crippen LogP contribution in [0.15, 0.2) is 48.5 Å². The van der Waals surface area contributed by atoms with Gasteiger partial charge in [-0.25, -0.2) is 4.79 Å². The fourth-order valence-corrected chi connectivity index (χ4v) is 2.20. The number of aryl methyl sites for hydroxylation is 1. The summed E-state index contributed by atoms with van der Waals surface area (Å²) < 4.78 is 5.22. The summed E-state index contributed by atoms with van der Waals surface area (Å²) in [6.07, 6.45) is 2.78. The highest BCUT2D eigenvalue weighted by Gasteiger charge is 2.11. The quantitative estimate of drug-likeness (QED) is 0.496. The third-order valence-corrected chi connectivity index (χ3v) is 3.41. The number of hydrogen-bond donors (Lipinski definition) is 1. The molecule has 110 valence electrons. The molecule has 4 heteroatoms. The molecule has 2 aromatic rings. The number of ether oxygens (including phenoxy) is 1. The molecule has 2 aromatic carbocycles. The van der Waals surface area contributed by atoms with Gasteiger partial charge in [0.2, 0.25) is 0 Å². The lowest BCUT2D eigenvalue weighted by Crippen LogP contribution is -2.09. The van der Waals surface area contributed by atoms with Crippen LogP contribution in [0.1, 0.15) is 28.8 Å². The summed E-state index contributed by atoms with van der Waals surface area (Å²) in [5.74, 6) is -0.422. The molecule has 0 aliphatic heterocycles. The fraction of sp³-hybridized carbons (Fsp3) is 0.235. The number of nitrogen functional groups attached to an aromatic ring is 1. The Morgan fingerprint density at radius 1 is 1.10 bits per heavy atom. The molecule has 21 heavy (non-hydrogen) atoms. The van der Waals surface area contributed by atoms with Gasteiger partial charge in [0.25, 0.3) is 0 Å². The van der Waals surface area contributed by atoms with E-state index in [9.17, 15) is 4.79 Å². The van der Waals surface area contributed by atoms with E-state index in [-0.39, 0.29) is 0 Å². The lowest BCUT2D eigenvalue weighted by Gasteiger charge is -2.07. The first kappa shape index (κ1) is 15.4. The Morgan fingerprint density at radius 2 is 1.86 bits per heavy atom. The second-order valence-electron chi connectivity index (χ2n) is 4.81. The first-order valence-electron chi connectivity index (χ1n) is 6.93. The Balaban J connectivity index is 1.73. The Kier molecular flexibility index (Phi) is 5.64. The van der Waals surface area contributed by atoms with Crippen LogP contribution in [-0.4, -0.2) is 12.6 Å². The summed E-state index contributed by atoms with van der Waals surface area (Å²) in [5.41, 5.74) is 7.74. The van der Waals surface area contributed by atoms with Gasteiger partial charge in [-0.3, -0.25) is 0 Å². The van der Waals surface area contributed by atoms with Crippen LogP contribution in [0.5, 0.6) is 0 Å². The van der Waals surface area contributed by atoms with E-state index in [0.29, 0.717) is 22.9 Å². The predicted molar refractivity (Wildman–Crippen MR) is 85.5 cm³/mol. The molecular formula is C17H18ClNO2. The zero-order valence-corrected chi connectivity index (χ0v) is 12.5. The zero-order valence-electron chi connectivity index (χ0n) is 11.7. The van der Waals surface area contributed by atoms with Crippen LogP contribution < -0.4 is 5.73 Å². The van der Waals surface area contributed by atoms with Gasteiger partial charge in [-0.15, -0.1) is 0 Å². The summed E-state index contributed by atoms with van der Waals surface area (Å²) in [7, 11) is 0. The van der Waals surface area contributed by atoms with E-state index in [4.69, 9.17) is 22.1 Å². The molecule has 0 bridgehead atoms. The SMILES string of the molecule is Nc1ccc(Cl)cc1C(=O)OCCCCc1ccccc1. The van der Waals surface area contributed by atoms with E-state index in [1.54, 1.807) is 12.1 Å². The minimum atomic E-state index is -0.422. The van der Waals surface area contributed by atoms with Gasteiger partial charge in [0, 0.05) is 10.7 Å². The highest BCUT2D eigenvalue weighted by atomic mass is 35.5. The molecule has 0 aliphatic carbocycles. The zero-order chi connectivity index (χ0) is 15.1. The Bertz CT molecular complexity index is 599. The van der Waals surface area contributed by atoms with E-state index < -0.39 is 5.97 Å². The molecular weight excluding hydrogens is 286 g/mol. The van der Waals surface area contributed by atoms with E-state index in [0.717, 1.165) is 19.3 Å². The number of nitrogens with two attached hydrogens (primary N) is 1. The average molecular weight is 304 g/mol. The van der Waals surface area contributed by atoms with Gasteiger partial charge >= 0.3 is 5.97 Å². The van der Waals surface area contributed by atoms with Crippen molar-refractivity contribution in [1.82, 2.24) is 0 Å². The smallest absolute Gasteiger partial charge is 0.340 e. The summed E-state index contributed by atoms with van der Waals surface area (Å²) in [4.78, 5) is 11.9. The van der Waals surface area contributed by atoms with Crippen molar-refractivity contribution in [2.45, 2.75) is 19.3 Å². The Hall–Kier alpha value is -2.00. The highest BCUT2D eigenvalue weighted by molar-refractivity contribution is 6.31. The molecule has 2 rings (SSSR count). The number of carbonyl (C=O) groups is 1. The minimum absolute atomic E-state index is 0.325. The molecule has 0 saturated carbocycles. The van der Waals surface area contributed by atoms with Gasteiger partial charge in [0.05, 0.1) is 12.2 Å². The van der Waals surface area contributed by atoms with Gasteiger partial charge in [-0.1, -0.05) is 41.9 Å². The Morgan fingerprint density at radius 3 is 2.62 bits per heavy atom. The number of unbranched alkanes of at least 4 members (excludes halogenated alkanes) is 1. The first-order chi connectivity index (χ1) is 10.2. The van der Waals surface area contributed by atoms with Crippen molar-refractivity contribution in [3.8, 4) is 0 Å². The summed E-state index contributed by atoms with van der Waals surface area (Å²) >= 11 is 5.85. The van der Waals surface area contributed by atoms with E-state index in [1.807, 2.05) is 18.2 Å². The summed E-state index contributed by atoms with van der Waals surface area (Å²) in [5, 5.41) is 0.472. The first-order valence-corrected chi connectivity index (χ1v) is 7.30. The maximum Gasteiger partial charge on any atom is 0.340 e. The highest BCUT2D eigenvalue weighted by Crippen LogP contribution is 2.18. The molecule has 0 saturated heterocycles. The third kappa shape index (κ3) is 4.80. The average Bonchev–Trinajstić information content (AvgIpc) is 2.50. The second kappa shape index (κ2) is 7.70. The van der Waals surface area contributed by atoms with Crippen LogP contribution >= 0.6 is 11.6 Å². The van der Waals surface area contributed by atoms with Crippen molar-refractivity contribution in [2.75, 3.05) is 12.3 Å². The minimum Gasteiger partial charge on any atom is -0.462 e. The van der Waals surface area contributed by atoms with E-state index in [2.05, 4.69) is 12.1 Å². The molecule has 0 radical (unpaired) electrons. The molecule has 0 aromatic heterocycles. The van der Waals surface area contributed by atoms with Crippen LogP contribution in [0, 0.1) is 0 Å². The van der Waals surface area contributed by atoms with Gasteiger partial charge < -0.3 is 10.5 Å². The van der Waals surface area contributed by atoms with E-state index >= 15 is 0 Å². The van der Waals surface area contributed by atoms with Gasteiger partial charge in [0.15, 0.2) is 0 Å². The number of esters is 1. The number of benzene rings is 2. The summed E-state index contributed by atoms with van der Waals surface area (Å²) in [6.45, 7) is 0.387. The lowest BCUT2D eigenvalue weighted by molar-refractivity contribution is 0.0500. The Labute approximate surface area is 129 Å². The molecule has 2 N–H and O–H groups in total. The number of rotatable bonds is 6. The summed E-state index contributed by atoms with van der Waals surface area (Å²) in [6, 6.07) is 15.0. The fourth-order valence-electron chi connectivity index (χ4n) is 2.02. The molecule has 0 heterocycles. The molecule has 0 amide bonds. The number of carbonyl (C=O) groups excluding carboxylic acids is 1. The van der Waals surface area contributed by atoms with Gasteiger partial charge in [0.1, 0.15) is 0 Å². The van der Waals surface area contributed by atoms with Crippen molar-refractivity contribution in [1.29, 1.82) is 0 Å². The topological polar surface area (TPSA) is 52.3 Å². The molecule has 0 fully saturated rings. The van der Waals surface area contributed by atoms with Crippen LogP contribution in [0.4, 0.5) is 5.69 Å². The van der Waals surface area contributed by atoms with Crippen LogP contribution in [0.25, 0.3) is 0 Å². The maximum absolute atomic E-state index is 11.9. The number of halogens is 1. The van der Waals surface area contributed by atoms with Crippen LogP contribution in [0.2, 0.25) is 5.02 Å². The molecule has 3 nitrogen and oxygen atoms in total. The molecule has 0 atom stereocenters.